The summed E-state index contributed by atoms with van der Waals surface area (Å²) in [5.74, 6) is 0.686. The summed E-state index contributed by atoms with van der Waals surface area (Å²) >= 11 is 0. The molecule has 0 aromatic heterocycles. The molecule has 116 valence electrons. The zero-order chi connectivity index (χ0) is 14.4. The number of nitrogens with zero attached hydrogens (tertiary/aromatic N) is 1. The van der Waals surface area contributed by atoms with E-state index >= 15 is 0 Å². The van der Waals surface area contributed by atoms with E-state index in [4.69, 9.17) is 0 Å². The zero-order valence-corrected chi connectivity index (χ0v) is 12.6. The van der Waals surface area contributed by atoms with Crippen LogP contribution in [-0.2, 0) is 4.79 Å². The van der Waals surface area contributed by atoms with E-state index in [1.165, 1.54) is 12.8 Å². The molecule has 0 aromatic rings. The highest BCUT2D eigenvalue weighted by Crippen LogP contribution is 2.16. The maximum absolute atomic E-state index is 12.0. The Morgan fingerprint density at radius 2 is 2.30 bits per heavy atom. The van der Waals surface area contributed by atoms with Crippen LogP contribution in [0.5, 0.6) is 0 Å². The molecule has 5 nitrogen and oxygen atoms in total. The van der Waals surface area contributed by atoms with Crippen LogP contribution in [0.3, 0.4) is 0 Å². The van der Waals surface area contributed by atoms with Crippen molar-refractivity contribution in [1.82, 2.24) is 15.5 Å². The number of nitrogens with one attached hydrogen (secondary N) is 2. The molecule has 0 spiro atoms. The molecule has 2 aliphatic rings. The lowest BCUT2D eigenvalue weighted by Crippen LogP contribution is -2.46. The van der Waals surface area contributed by atoms with Crippen LogP contribution in [0, 0.1) is 5.92 Å². The van der Waals surface area contributed by atoms with Gasteiger partial charge in [0.25, 0.3) is 0 Å². The number of piperidine rings is 1. The number of carbonyl (C=O) groups is 1. The second-order valence-electron chi connectivity index (χ2n) is 6.22. The molecular formula is C15H29N3O2. The third-order valence-corrected chi connectivity index (χ3v) is 4.49. The Morgan fingerprint density at radius 1 is 1.45 bits per heavy atom. The minimum Gasteiger partial charge on any atom is -0.392 e. The quantitative estimate of drug-likeness (QED) is 0.658. The molecule has 2 saturated heterocycles. The third-order valence-electron chi connectivity index (χ3n) is 4.49. The number of aliphatic hydroxyl groups is 1. The average Bonchev–Trinajstić information content (AvgIpc) is 2.99. The number of carbonyl (C=O) groups excluding carboxylic acids is 1. The number of likely N-dealkylation sites (tertiary alicyclic amines) is 1. The molecule has 2 heterocycles. The van der Waals surface area contributed by atoms with E-state index in [0.29, 0.717) is 5.92 Å². The molecule has 1 amide bonds. The van der Waals surface area contributed by atoms with E-state index in [9.17, 15) is 9.90 Å². The van der Waals surface area contributed by atoms with Gasteiger partial charge in [0.05, 0.1) is 12.1 Å². The standard InChI is InChI=1S/C15H29N3O2/c1-2-13(19)11-18-8-4-5-12(10-18)9-17-15(20)14-6-3-7-16-14/h12-14,16,19H,2-11H2,1H3,(H,17,20). The van der Waals surface area contributed by atoms with Gasteiger partial charge in [0.15, 0.2) is 0 Å². The summed E-state index contributed by atoms with van der Waals surface area (Å²) in [5, 5.41) is 16.1. The molecule has 0 saturated carbocycles. The highest BCUT2D eigenvalue weighted by atomic mass is 16.3. The fourth-order valence-electron chi connectivity index (χ4n) is 3.19. The highest BCUT2D eigenvalue weighted by molar-refractivity contribution is 5.81. The summed E-state index contributed by atoms with van der Waals surface area (Å²) in [5.41, 5.74) is 0. The Hall–Kier alpha value is -0.650. The lowest BCUT2D eigenvalue weighted by Gasteiger charge is -2.34. The van der Waals surface area contributed by atoms with Crippen LogP contribution in [0.4, 0.5) is 0 Å². The molecule has 0 aliphatic carbocycles. The summed E-state index contributed by atoms with van der Waals surface area (Å²) < 4.78 is 0. The van der Waals surface area contributed by atoms with Crippen molar-refractivity contribution in [3.63, 3.8) is 0 Å². The highest BCUT2D eigenvalue weighted by Gasteiger charge is 2.25. The largest absolute Gasteiger partial charge is 0.392 e. The van der Waals surface area contributed by atoms with Crippen molar-refractivity contribution < 1.29 is 9.90 Å². The minimum atomic E-state index is -0.217. The number of aliphatic hydroxyl groups excluding tert-OH is 1. The minimum absolute atomic E-state index is 0.0246. The first kappa shape index (κ1) is 15.7. The molecule has 3 unspecified atom stereocenters. The van der Waals surface area contributed by atoms with Crippen molar-refractivity contribution in [3.8, 4) is 0 Å². The van der Waals surface area contributed by atoms with Gasteiger partial charge in [-0.15, -0.1) is 0 Å². The van der Waals surface area contributed by atoms with Crippen molar-refractivity contribution in [1.29, 1.82) is 0 Å². The van der Waals surface area contributed by atoms with Gasteiger partial charge in [0.2, 0.25) is 5.91 Å². The number of rotatable bonds is 6. The average molecular weight is 283 g/mol. The molecule has 2 rings (SSSR count). The van der Waals surface area contributed by atoms with Crippen molar-refractivity contribution in [2.24, 2.45) is 5.92 Å². The molecule has 0 aromatic carbocycles. The maximum atomic E-state index is 12.0. The fourth-order valence-corrected chi connectivity index (χ4v) is 3.19. The Balaban J connectivity index is 1.68. The van der Waals surface area contributed by atoms with E-state index < -0.39 is 0 Å². The third kappa shape index (κ3) is 4.72. The number of amides is 1. The molecule has 3 atom stereocenters. The molecule has 0 bridgehead atoms. The van der Waals surface area contributed by atoms with Gasteiger partial charge in [-0.05, 0) is 51.1 Å². The molecule has 3 N–H and O–H groups in total. The van der Waals surface area contributed by atoms with Crippen LogP contribution in [0.1, 0.15) is 39.0 Å². The van der Waals surface area contributed by atoms with E-state index in [-0.39, 0.29) is 18.1 Å². The van der Waals surface area contributed by atoms with Crippen LogP contribution in [0.2, 0.25) is 0 Å². The second kappa shape index (κ2) is 7.96. The van der Waals surface area contributed by atoms with Gasteiger partial charge in [0.1, 0.15) is 0 Å². The van der Waals surface area contributed by atoms with Gasteiger partial charge < -0.3 is 20.6 Å². The summed E-state index contributed by atoms with van der Waals surface area (Å²) in [6.07, 6.45) is 5.00. The second-order valence-corrected chi connectivity index (χ2v) is 6.22. The lowest BCUT2D eigenvalue weighted by molar-refractivity contribution is -0.123. The summed E-state index contributed by atoms with van der Waals surface area (Å²) in [7, 11) is 0. The zero-order valence-electron chi connectivity index (χ0n) is 12.6. The predicted molar refractivity (Wildman–Crippen MR) is 79.5 cm³/mol. The van der Waals surface area contributed by atoms with Gasteiger partial charge >= 0.3 is 0 Å². The van der Waals surface area contributed by atoms with E-state index in [2.05, 4.69) is 15.5 Å². The Kier molecular flexibility index (Phi) is 6.26. The van der Waals surface area contributed by atoms with Gasteiger partial charge in [-0.1, -0.05) is 6.92 Å². The fraction of sp³-hybridized carbons (Fsp3) is 0.933. The van der Waals surface area contributed by atoms with Crippen LogP contribution in [0.25, 0.3) is 0 Å². The molecular weight excluding hydrogens is 254 g/mol. The first-order chi connectivity index (χ1) is 9.69. The van der Waals surface area contributed by atoms with E-state index in [0.717, 1.165) is 52.0 Å². The van der Waals surface area contributed by atoms with Gasteiger partial charge in [-0.25, -0.2) is 0 Å². The van der Waals surface area contributed by atoms with Crippen molar-refractivity contribution in [3.05, 3.63) is 0 Å². The summed E-state index contributed by atoms with van der Waals surface area (Å²) in [6, 6.07) is 0.0246. The summed E-state index contributed by atoms with van der Waals surface area (Å²) in [4.78, 5) is 14.3. The molecule has 5 heteroatoms. The number of hydrogen-bond acceptors (Lipinski definition) is 4. The SMILES string of the molecule is CCC(O)CN1CCCC(CNC(=O)C2CCCN2)C1. The Bertz CT molecular complexity index is 305. The topological polar surface area (TPSA) is 64.6 Å². The first-order valence-electron chi connectivity index (χ1n) is 8.10. The van der Waals surface area contributed by atoms with Gasteiger partial charge in [0, 0.05) is 19.6 Å². The van der Waals surface area contributed by atoms with Crippen molar-refractivity contribution in [2.45, 2.75) is 51.2 Å². The van der Waals surface area contributed by atoms with Crippen molar-refractivity contribution >= 4 is 5.91 Å². The molecule has 0 radical (unpaired) electrons. The van der Waals surface area contributed by atoms with E-state index in [1.54, 1.807) is 0 Å². The monoisotopic (exact) mass is 283 g/mol. The van der Waals surface area contributed by atoms with Gasteiger partial charge in [-0.3, -0.25) is 4.79 Å². The summed E-state index contributed by atoms with van der Waals surface area (Å²) in [6.45, 7) is 6.59. The Morgan fingerprint density at radius 3 is 3.00 bits per heavy atom. The first-order valence-corrected chi connectivity index (χ1v) is 8.10. The van der Waals surface area contributed by atoms with Crippen LogP contribution < -0.4 is 10.6 Å². The van der Waals surface area contributed by atoms with Crippen LogP contribution in [-0.4, -0.2) is 60.8 Å². The van der Waals surface area contributed by atoms with Gasteiger partial charge in [-0.2, -0.15) is 0 Å². The van der Waals surface area contributed by atoms with Crippen molar-refractivity contribution in [2.75, 3.05) is 32.7 Å². The molecule has 20 heavy (non-hydrogen) atoms. The van der Waals surface area contributed by atoms with E-state index in [1.807, 2.05) is 6.92 Å². The number of hydrogen-bond donors (Lipinski definition) is 3. The Labute approximate surface area is 122 Å². The predicted octanol–water partition coefficient (Wildman–Crippen LogP) is 0.338. The normalized spacial score (nSPS) is 29.3. The smallest absolute Gasteiger partial charge is 0.237 e. The lowest BCUT2D eigenvalue weighted by atomic mass is 9.97. The van der Waals surface area contributed by atoms with Crippen LogP contribution in [0.15, 0.2) is 0 Å². The molecule has 2 fully saturated rings. The molecule has 2 aliphatic heterocycles. The van der Waals surface area contributed by atoms with Crippen LogP contribution >= 0.6 is 0 Å². The number of β-amino-alcohol motifs (C(OH)–C–C–N with tert-alkyl or cyclic N) is 1. The maximum Gasteiger partial charge on any atom is 0.237 e.